The van der Waals surface area contributed by atoms with E-state index in [0.717, 1.165) is 5.69 Å². The standard InChI is InChI=1S/C10H8N4O2/c15-9-7-8(10(16)11-9)14(13-12-7)6-4-2-1-3-5-6/h1-5,7-8H,(H,11,15,16)/t7-,8+/m1/s1. The number of nitrogens with zero attached hydrogens (tertiary/aromatic N) is 3. The highest BCUT2D eigenvalue weighted by atomic mass is 16.2. The van der Waals surface area contributed by atoms with Crippen LogP contribution in [0.15, 0.2) is 40.7 Å². The molecule has 2 aliphatic rings. The molecule has 1 N–H and O–H groups in total. The summed E-state index contributed by atoms with van der Waals surface area (Å²) in [6.45, 7) is 0. The number of imide groups is 1. The summed E-state index contributed by atoms with van der Waals surface area (Å²) in [5.41, 5.74) is 0.753. The van der Waals surface area contributed by atoms with Crippen LogP contribution in [0.2, 0.25) is 0 Å². The Morgan fingerprint density at radius 2 is 1.88 bits per heavy atom. The van der Waals surface area contributed by atoms with Crippen LogP contribution in [-0.2, 0) is 9.59 Å². The molecule has 6 heteroatoms. The first-order valence-corrected chi connectivity index (χ1v) is 4.87. The normalized spacial score (nSPS) is 27.1. The maximum Gasteiger partial charge on any atom is 0.256 e. The molecule has 1 aromatic carbocycles. The number of hydrogen-bond donors (Lipinski definition) is 1. The van der Waals surface area contributed by atoms with Crippen LogP contribution in [0, 0.1) is 0 Å². The number of carbonyl (C=O) groups is 2. The Hall–Kier alpha value is -2.24. The number of carbonyl (C=O) groups excluding carboxylic acids is 2. The number of anilines is 1. The van der Waals surface area contributed by atoms with Gasteiger partial charge in [-0.1, -0.05) is 23.4 Å². The molecule has 0 aromatic heterocycles. The first-order valence-electron chi connectivity index (χ1n) is 4.87. The van der Waals surface area contributed by atoms with Gasteiger partial charge in [0.15, 0.2) is 12.1 Å². The van der Waals surface area contributed by atoms with E-state index in [1.165, 1.54) is 5.01 Å². The number of amides is 2. The van der Waals surface area contributed by atoms with Gasteiger partial charge in [0.25, 0.3) is 11.8 Å². The van der Waals surface area contributed by atoms with Crippen molar-refractivity contribution in [2.45, 2.75) is 12.1 Å². The van der Waals surface area contributed by atoms with Gasteiger partial charge in [0, 0.05) is 0 Å². The lowest BCUT2D eigenvalue weighted by atomic mass is 10.1. The quantitative estimate of drug-likeness (QED) is 0.684. The van der Waals surface area contributed by atoms with Crippen molar-refractivity contribution in [1.82, 2.24) is 5.32 Å². The monoisotopic (exact) mass is 216 g/mol. The van der Waals surface area contributed by atoms with Crippen LogP contribution >= 0.6 is 0 Å². The van der Waals surface area contributed by atoms with Crippen LogP contribution in [0.3, 0.4) is 0 Å². The van der Waals surface area contributed by atoms with Crippen LogP contribution in [0.5, 0.6) is 0 Å². The second-order valence-corrected chi connectivity index (χ2v) is 3.63. The molecule has 6 nitrogen and oxygen atoms in total. The zero-order valence-corrected chi connectivity index (χ0v) is 8.20. The topological polar surface area (TPSA) is 74.1 Å². The molecule has 1 fully saturated rings. The summed E-state index contributed by atoms with van der Waals surface area (Å²) in [6.07, 6.45) is 0. The van der Waals surface area contributed by atoms with Crippen molar-refractivity contribution in [3.8, 4) is 0 Å². The number of rotatable bonds is 1. The molecule has 1 aromatic rings. The van der Waals surface area contributed by atoms with Crippen molar-refractivity contribution in [3.05, 3.63) is 30.3 Å². The minimum absolute atomic E-state index is 0.344. The van der Waals surface area contributed by atoms with E-state index in [-0.39, 0.29) is 11.8 Å². The summed E-state index contributed by atoms with van der Waals surface area (Å²) < 4.78 is 0. The third-order valence-electron chi connectivity index (χ3n) is 2.64. The summed E-state index contributed by atoms with van der Waals surface area (Å²) in [4.78, 5) is 22.9. The van der Waals surface area contributed by atoms with Gasteiger partial charge in [0.1, 0.15) is 0 Å². The fourth-order valence-electron chi connectivity index (χ4n) is 1.88. The lowest BCUT2D eigenvalue weighted by Gasteiger charge is -2.17. The lowest BCUT2D eigenvalue weighted by molar-refractivity contribution is -0.125. The highest BCUT2D eigenvalue weighted by Gasteiger charge is 2.49. The van der Waals surface area contributed by atoms with Crippen LogP contribution in [-0.4, -0.2) is 23.9 Å². The number of para-hydroxylation sites is 1. The van der Waals surface area contributed by atoms with Crippen molar-refractivity contribution in [2.24, 2.45) is 10.3 Å². The highest BCUT2D eigenvalue weighted by molar-refractivity contribution is 6.11. The van der Waals surface area contributed by atoms with Crippen LogP contribution in [0.1, 0.15) is 0 Å². The molecule has 2 atom stereocenters. The second kappa shape index (κ2) is 3.13. The third kappa shape index (κ3) is 1.13. The van der Waals surface area contributed by atoms with Crippen molar-refractivity contribution < 1.29 is 9.59 Å². The molecule has 2 amide bonds. The van der Waals surface area contributed by atoms with E-state index < -0.39 is 12.1 Å². The Morgan fingerprint density at radius 3 is 2.62 bits per heavy atom. The maximum atomic E-state index is 11.6. The number of fused-ring (bicyclic) bond motifs is 1. The largest absolute Gasteiger partial charge is 0.292 e. The van der Waals surface area contributed by atoms with Gasteiger partial charge in [-0.2, -0.15) is 5.11 Å². The molecule has 0 spiro atoms. The summed E-state index contributed by atoms with van der Waals surface area (Å²) in [5, 5.41) is 11.4. The summed E-state index contributed by atoms with van der Waals surface area (Å²) in [5.74, 6) is -0.721. The Bertz CT molecular complexity index is 485. The molecule has 0 bridgehead atoms. The number of hydrogen-bond acceptors (Lipinski definition) is 5. The van der Waals surface area contributed by atoms with E-state index in [4.69, 9.17) is 0 Å². The van der Waals surface area contributed by atoms with Gasteiger partial charge in [-0.25, -0.2) is 5.01 Å². The molecule has 2 aliphatic heterocycles. The van der Waals surface area contributed by atoms with Crippen molar-refractivity contribution in [2.75, 3.05) is 5.01 Å². The third-order valence-corrected chi connectivity index (χ3v) is 2.64. The average molecular weight is 216 g/mol. The second-order valence-electron chi connectivity index (χ2n) is 3.63. The Morgan fingerprint density at radius 1 is 1.12 bits per heavy atom. The van der Waals surface area contributed by atoms with Gasteiger partial charge in [0.2, 0.25) is 0 Å². The van der Waals surface area contributed by atoms with E-state index in [1.807, 2.05) is 30.3 Å². The molecule has 0 aliphatic carbocycles. The van der Waals surface area contributed by atoms with Gasteiger partial charge in [-0.3, -0.25) is 14.9 Å². The van der Waals surface area contributed by atoms with E-state index in [0.29, 0.717) is 0 Å². The Kier molecular flexibility index (Phi) is 1.76. The summed E-state index contributed by atoms with van der Waals surface area (Å²) in [7, 11) is 0. The molecular formula is C10H8N4O2. The first kappa shape index (κ1) is 9.02. The smallest absolute Gasteiger partial charge is 0.256 e. The molecule has 3 rings (SSSR count). The molecule has 0 unspecified atom stereocenters. The fourth-order valence-corrected chi connectivity index (χ4v) is 1.88. The van der Waals surface area contributed by atoms with Gasteiger partial charge in [0.05, 0.1) is 5.69 Å². The van der Waals surface area contributed by atoms with E-state index >= 15 is 0 Å². The highest BCUT2D eigenvalue weighted by Crippen LogP contribution is 2.28. The zero-order chi connectivity index (χ0) is 11.1. The first-order chi connectivity index (χ1) is 7.77. The Labute approximate surface area is 90.9 Å². The van der Waals surface area contributed by atoms with Crippen molar-refractivity contribution in [3.63, 3.8) is 0 Å². The summed E-state index contributed by atoms with van der Waals surface area (Å²) >= 11 is 0. The zero-order valence-electron chi connectivity index (χ0n) is 8.20. The van der Waals surface area contributed by atoms with Crippen molar-refractivity contribution >= 4 is 17.5 Å². The van der Waals surface area contributed by atoms with Crippen LogP contribution in [0.25, 0.3) is 0 Å². The fraction of sp³-hybridized carbons (Fsp3) is 0.200. The van der Waals surface area contributed by atoms with Gasteiger partial charge >= 0.3 is 0 Å². The minimum Gasteiger partial charge on any atom is -0.292 e. The molecule has 0 saturated carbocycles. The van der Waals surface area contributed by atoms with E-state index in [2.05, 4.69) is 15.7 Å². The molecule has 1 saturated heterocycles. The van der Waals surface area contributed by atoms with Gasteiger partial charge < -0.3 is 0 Å². The van der Waals surface area contributed by atoms with E-state index in [1.54, 1.807) is 0 Å². The van der Waals surface area contributed by atoms with Crippen LogP contribution in [0.4, 0.5) is 5.69 Å². The summed E-state index contributed by atoms with van der Waals surface area (Å²) in [6, 6.07) is 7.85. The van der Waals surface area contributed by atoms with Crippen molar-refractivity contribution in [1.29, 1.82) is 0 Å². The predicted molar refractivity (Wildman–Crippen MR) is 54.5 cm³/mol. The molecular weight excluding hydrogens is 208 g/mol. The number of benzene rings is 1. The van der Waals surface area contributed by atoms with Gasteiger partial charge in [-0.15, -0.1) is 0 Å². The average Bonchev–Trinajstić information content (AvgIpc) is 2.84. The molecule has 80 valence electrons. The SMILES string of the molecule is O=C1NC(=O)[C@@H]2N=NN(c3ccccc3)[C@H]12. The lowest BCUT2D eigenvalue weighted by Crippen LogP contribution is -2.38. The van der Waals surface area contributed by atoms with Crippen LogP contribution < -0.4 is 10.3 Å². The minimum atomic E-state index is -0.701. The van der Waals surface area contributed by atoms with Gasteiger partial charge in [-0.05, 0) is 12.1 Å². The molecule has 0 radical (unpaired) electrons. The molecule has 2 heterocycles. The maximum absolute atomic E-state index is 11.6. The number of nitrogens with one attached hydrogen (secondary N) is 1. The predicted octanol–water partition coefficient (Wildman–Crippen LogP) is 0.267. The Balaban J connectivity index is 1.98. The molecule has 16 heavy (non-hydrogen) atoms. The van der Waals surface area contributed by atoms with E-state index in [9.17, 15) is 9.59 Å².